The fourth-order valence-corrected chi connectivity index (χ4v) is 3.57. The van der Waals surface area contributed by atoms with Crippen LogP contribution in [0.25, 0.3) is 21.5 Å². The van der Waals surface area contributed by atoms with Crippen molar-refractivity contribution in [3.63, 3.8) is 0 Å². The summed E-state index contributed by atoms with van der Waals surface area (Å²) in [7, 11) is 0. The summed E-state index contributed by atoms with van der Waals surface area (Å²) < 4.78 is 0. The van der Waals surface area contributed by atoms with Gasteiger partial charge in [-0.1, -0.05) is 78.9 Å². The van der Waals surface area contributed by atoms with Crippen LogP contribution in [0.4, 0.5) is 0 Å². The van der Waals surface area contributed by atoms with Crippen molar-refractivity contribution in [2.45, 2.75) is 12.0 Å². The molecule has 0 saturated carbocycles. The average Bonchev–Trinajstić information content (AvgIpc) is 2.72. The van der Waals surface area contributed by atoms with Gasteiger partial charge in [-0.15, -0.1) is 6.58 Å². The van der Waals surface area contributed by atoms with Gasteiger partial charge in [0.25, 0.3) is 0 Å². The summed E-state index contributed by atoms with van der Waals surface area (Å²) in [6.45, 7) is 3.75. The quantitative estimate of drug-likeness (QED) is 0.373. The molecule has 2 heteroatoms. The Bertz CT molecular complexity index is 1160. The van der Waals surface area contributed by atoms with Gasteiger partial charge in [0.2, 0.25) is 0 Å². The van der Waals surface area contributed by atoms with Gasteiger partial charge in [-0.2, -0.15) is 0 Å². The van der Waals surface area contributed by atoms with E-state index in [1.807, 2.05) is 78.9 Å². The Kier molecular flexibility index (Phi) is 4.35. The number of hydrogen-bond acceptors (Lipinski definition) is 2. The number of carbonyl (C=O) groups is 1. The molecule has 0 saturated heterocycles. The Morgan fingerprint density at radius 3 is 2.00 bits per heavy atom. The Labute approximate surface area is 158 Å². The zero-order chi connectivity index (χ0) is 18.9. The smallest absolute Gasteiger partial charge is 0.199 e. The summed E-state index contributed by atoms with van der Waals surface area (Å²) in [5, 5.41) is 15.5. The molecular weight excluding hydrogens is 332 g/mol. The molecule has 0 fully saturated rings. The van der Waals surface area contributed by atoms with Gasteiger partial charge in [0.1, 0.15) is 0 Å². The average molecular weight is 352 g/mol. The number of ketones is 1. The molecule has 4 aromatic carbocycles. The van der Waals surface area contributed by atoms with Crippen LogP contribution < -0.4 is 0 Å². The molecule has 0 bridgehead atoms. The zero-order valence-corrected chi connectivity index (χ0v) is 14.9. The molecule has 0 amide bonds. The second-order valence-electron chi connectivity index (χ2n) is 6.81. The van der Waals surface area contributed by atoms with E-state index in [2.05, 4.69) is 6.58 Å². The van der Waals surface area contributed by atoms with Crippen molar-refractivity contribution in [3.8, 4) is 0 Å². The van der Waals surface area contributed by atoms with E-state index >= 15 is 0 Å². The molecule has 2 nitrogen and oxygen atoms in total. The van der Waals surface area contributed by atoms with Crippen LogP contribution in [-0.2, 0) is 5.60 Å². The summed E-state index contributed by atoms with van der Waals surface area (Å²) in [5.74, 6) is -0.316. The molecule has 1 unspecified atom stereocenters. The molecule has 0 aliphatic heterocycles. The van der Waals surface area contributed by atoms with Crippen molar-refractivity contribution in [2.75, 3.05) is 0 Å². The topological polar surface area (TPSA) is 37.3 Å². The lowest BCUT2D eigenvalue weighted by atomic mass is 9.82. The van der Waals surface area contributed by atoms with E-state index in [0.29, 0.717) is 11.1 Å². The van der Waals surface area contributed by atoms with Gasteiger partial charge in [-0.05, 0) is 39.2 Å². The maximum Gasteiger partial charge on any atom is 0.199 e. The standard InChI is InChI=1S/C25H20O2/c1-2-15-25(27,23-14-13-19-8-4-6-10-21(19)17-23)24(26)22-12-11-18-7-3-5-9-20(18)16-22/h2-14,16-17,27H,1,15H2. The van der Waals surface area contributed by atoms with Crippen LogP contribution in [0.2, 0.25) is 0 Å². The second kappa shape index (κ2) is 6.82. The number of Topliss-reactive ketones (excluding diaryl/α,β-unsaturated/α-hetero) is 1. The predicted molar refractivity (Wildman–Crippen MR) is 111 cm³/mol. The Morgan fingerprint density at radius 2 is 1.37 bits per heavy atom. The number of aliphatic hydroxyl groups is 1. The highest BCUT2D eigenvalue weighted by Gasteiger charge is 2.37. The summed E-state index contributed by atoms with van der Waals surface area (Å²) in [6, 6.07) is 27.0. The number of carbonyl (C=O) groups excluding carboxylic acids is 1. The zero-order valence-electron chi connectivity index (χ0n) is 14.9. The number of fused-ring (bicyclic) bond motifs is 2. The van der Waals surface area contributed by atoms with Crippen molar-refractivity contribution >= 4 is 27.3 Å². The van der Waals surface area contributed by atoms with Crippen LogP contribution in [0.5, 0.6) is 0 Å². The molecule has 4 aromatic rings. The predicted octanol–water partition coefficient (Wildman–Crippen LogP) is 5.64. The Hall–Kier alpha value is -3.23. The van der Waals surface area contributed by atoms with Gasteiger partial charge in [-0.25, -0.2) is 0 Å². The SMILES string of the molecule is C=CCC(O)(C(=O)c1ccc2ccccc2c1)c1ccc2ccccc2c1. The molecule has 4 rings (SSSR count). The van der Waals surface area contributed by atoms with Crippen LogP contribution in [0.15, 0.2) is 97.6 Å². The molecule has 27 heavy (non-hydrogen) atoms. The van der Waals surface area contributed by atoms with Crippen LogP contribution in [-0.4, -0.2) is 10.9 Å². The largest absolute Gasteiger partial charge is 0.377 e. The summed E-state index contributed by atoms with van der Waals surface area (Å²) in [5.41, 5.74) is -0.570. The number of benzene rings is 4. The van der Waals surface area contributed by atoms with Gasteiger partial charge >= 0.3 is 0 Å². The molecule has 1 atom stereocenters. The van der Waals surface area contributed by atoms with E-state index < -0.39 is 5.60 Å². The second-order valence-corrected chi connectivity index (χ2v) is 6.81. The molecule has 1 N–H and O–H groups in total. The van der Waals surface area contributed by atoms with Crippen molar-refractivity contribution in [3.05, 3.63) is 109 Å². The molecule has 0 aromatic heterocycles. The molecule has 0 radical (unpaired) electrons. The van der Waals surface area contributed by atoms with E-state index in [4.69, 9.17) is 0 Å². The third-order valence-corrected chi connectivity index (χ3v) is 5.05. The maximum absolute atomic E-state index is 13.3. The van der Waals surface area contributed by atoms with Gasteiger partial charge in [0, 0.05) is 12.0 Å². The maximum atomic E-state index is 13.3. The third-order valence-electron chi connectivity index (χ3n) is 5.05. The molecule has 132 valence electrons. The summed E-state index contributed by atoms with van der Waals surface area (Å²) in [4.78, 5) is 13.3. The lowest BCUT2D eigenvalue weighted by Crippen LogP contribution is -2.35. The number of hydrogen-bond donors (Lipinski definition) is 1. The van der Waals surface area contributed by atoms with Crippen LogP contribution in [0.3, 0.4) is 0 Å². The summed E-state index contributed by atoms with van der Waals surface area (Å²) >= 11 is 0. The van der Waals surface area contributed by atoms with Crippen LogP contribution >= 0.6 is 0 Å². The van der Waals surface area contributed by atoms with Crippen molar-refractivity contribution in [1.29, 1.82) is 0 Å². The van der Waals surface area contributed by atoms with Crippen LogP contribution in [0, 0.1) is 0 Å². The van der Waals surface area contributed by atoms with Crippen molar-refractivity contribution < 1.29 is 9.90 Å². The van der Waals surface area contributed by atoms with Crippen LogP contribution in [0.1, 0.15) is 22.3 Å². The lowest BCUT2D eigenvalue weighted by molar-refractivity contribution is 0.0314. The normalized spacial score (nSPS) is 13.4. The highest BCUT2D eigenvalue weighted by atomic mass is 16.3. The van der Waals surface area contributed by atoms with Crippen molar-refractivity contribution in [1.82, 2.24) is 0 Å². The fraction of sp³-hybridized carbons (Fsp3) is 0.0800. The molecular formula is C25H20O2. The minimum Gasteiger partial charge on any atom is -0.377 e. The first-order valence-corrected chi connectivity index (χ1v) is 8.98. The van der Waals surface area contributed by atoms with Gasteiger partial charge in [0.05, 0.1) is 0 Å². The highest BCUT2D eigenvalue weighted by molar-refractivity contribution is 6.05. The van der Waals surface area contributed by atoms with Gasteiger partial charge in [0.15, 0.2) is 11.4 Å². The first kappa shape index (κ1) is 17.2. The molecule has 0 heterocycles. The number of rotatable bonds is 5. The lowest BCUT2D eigenvalue weighted by Gasteiger charge is -2.26. The minimum absolute atomic E-state index is 0.150. The van der Waals surface area contributed by atoms with E-state index in [9.17, 15) is 9.90 Å². The van der Waals surface area contributed by atoms with E-state index in [1.165, 1.54) is 0 Å². The minimum atomic E-state index is -1.64. The monoisotopic (exact) mass is 352 g/mol. The summed E-state index contributed by atoms with van der Waals surface area (Å²) in [6.07, 6.45) is 1.74. The van der Waals surface area contributed by atoms with E-state index in [0.717, 1.165) is 21.5 Å². The Balaban J connectivity index is 1.83. The van der Waals surface area contributed by atoms with E-state index in [1.54, 1.807) is 12.1 Å². The highest BCUT2D eigenvalue weighted by Crippen LogP contribution is 2.33. The Morgan fingerprint density at radius 1 is 0.815 bits per heavy atom. The first-order chi connectivity index (χ1) is 13.1. The van der Waals surface area contributed by atoms with Gasteiger partial charge < -0.3 is 5.11 Å². The molecule has 0 aliphatic rings. The molecule has 0 aliphatic carbocycles. The van der Waals surface area contributed by atoms with E-state index in [-0.39, 0.29) is 12.2 Å². The van der Waals surface area contributed by atoms with Crippen molar-refractivity contribution in [2.24, 2.45) is 0 Å². The third kappa shape index (κ3) is 3.05. The fourth-order valence-electron chi connectivity index (χ4n) is 3.57. The first-order valence-electron chi connectivity index (χ1n) is 8.98. The molecule has 0 spiro atoms. The van der Waals surface area contributed by atoms with Gasteiger partial charge in [-0.3, -0.25) is 4.79 Å².